The lowest BCUT2D eigenvalue weighted by atomic mass is 10.1. The normalized spacial score (nSPS) is 15.3. The Labute approximate surface area is 159 Å². The molecule has 0 atom stereocenters. The quantitative estimate of drug-likeness (QED) is 0.763. The number of anilines is 2. The average molecular weight is 363 g/mol. The van der Waals surface area contributed by atoms with Crippen LogP contribution in [0.4, 0.5) is 11.4 Å². The molecule has 1 saturated heterocycles. The van der Waals surface area contributed by atoms with Crippen molar-refractivity contribution >= 4 is 28.3 Å². The molecule has 1 N–H and O–H groups in total. The molecule has 1 aliphatic heterocycles. The zero-order chi connectivity index (χ0) is 19.0. The Kier molecular flexibility index (Phi) is 4.62. The molecule has 5 nitrogen and oxygen atoms in total. The first-order valence-corrected chi connectivity index (χ1v) is 9.36. The van der Waals surface area contributed by atoms with Crippen LogP contribution in [0.15, 0.2) is 46.9 Å². The largest absolute Gasteiger partial charge is 0.451 e. The lowest BCUT2D eigenvalue weighted by Gasteiger charge is -2.35. The maximum atomic E-state index is 12.9. The summed E-state index contributed by atoms with van der Waals surface area (Å²) in [5.41, 5.74) is 4.62. The molecule has 0 unspecified atom stereocenters. The van der Waals surface area contributed by atoms with E-state index < -0.39 is 0 Å². The smallest absolute Gasteiger partial charge is 0.291 e. The van der Waals surface area contributed by atoms with Gasteiger partial charge in [0, 0.05) is 37.1 Å². The Morgan fingerprint density at radius 1 is 1.04 bits per heavy atom. The molecule has 1 amide bonds. The molecule has 0 aliphatic carbocycles. The van der Waals surface area contributed by atoms with Gasteiger partial charge in [-0.1, -0.05) is 24.3 Å². The number of hydrogen-bond donors (Lipinski definition) is 1. The summed E-state index contributed by atoms with van der Waals surface area (Å²) < 4.78 is 5.88. The number of fused-ring (bicyclic) bond motifs is 1. The van der Waals surface area contributed by atoms with Crippen molar-refractivity contribution in [1.82, 2.24) is 4.90 Å². The monoisotopic (exact) mass is 363 g/mol. The van der Waals surface area contributed by atoms with Gasteiger partial charge in [-0.05, 0) is 44.7 Å². The van der Waals surface area contributed by atoms with E-state index in [0.717, 1.165) is 59.6 Å². The number of aryl methyl sites for hydroxylation is 2. The zero-order valence-corrected chi connectivity index (χ0v) is 16.1. The van der Waals surface area contributed by atoms with Gasteiger partial charge in [0.05, 0.1) is 11.4 Å². The van der Waals surface area contributed by atoms with Gasteiger partial charge in [-0.2, -0.15) is 0 Å². The van der Waals surface area contributed by atoms with Crippen LogP contribution in [0.1, 0.15) is 21.7 Å². The third-order valence-corrected chi connectivity index (χ3v) is 5.30. The lowest BCUT2D eigenvalue weighted by molar-refractivity contribution is 0.0998. The number of furan rings is 1. The van der Waals surface area contributed by atoms with Crippen molar-refractivity contribution in [1.29, 1.82) is 0 Å². The van der Waals surface area contributed by atoms with E-state index in [-0.39, 0.29) is 5.91 Å². The SMILES string of the molecule is Cc1ccc2c(C)c(C(=O)Nc3ccccc3N3CCN(C)CC3)oc2c1. The van der Waals surface area contributed by atoms with Crippen molar-refractivity contribution in [3.05, 3.63) is 59.4 Å². The first-order chi connectivity index (χ1) is 13.0. The zero-order valence-electron chi connectivity index (χ0n) is 16.1. The van der Waals surface area contributed by atoms with Crippen molar-refractivity contribution in [2.24, 2.45) is 0 Å². The van der Waals surface area contributed by atoms with Crippen LogP contribution in [-0.2, 0) is 0 Å². The summed E-state index contributed by atoms with van der Waals surface area (Å²) in [6.07, 6.45) is 0. The highest BCUT2D eigenvalue weighted by Crippen LogP contribution is 2.30. The van der Waals surface area contributed by atoms with Gasteiger partial charge in [0.2, 0.25) is 0 Å². The standard InChI is InChI=1S/C22H25N3O2/c1-15-8-9-17-16(2)21(27-20(17)14-15)22(26)23-18-6-4-5-7-19(18)25-12-10-24(3)11-13-25/h4-9,14H,10-13H2,1-3H3,(H,23,26). The molecule has 0 saturated carbocycles. The molecule has 1 aromatic heterocycles. The van der Waals surface area contributed by atoms with Crippen LogP contribution in [0.5, 0.6) is 0 Å². The lowest BCUT2D eigenvalue weighted by Crippen LogP contribution is -2.44. The number of hydrogen-bond acceptors (Lipinski definition) is 4. The van der Waals surface area contributed by atoms with E-state index in [1.54, 1.807) is 0 Å². The molecule has 0 bridgehead atoms. The molecule has 0 spiro atoms. The van der Waals surface area contributed by atoms with Crippen LogP contribution in [0.2, 0.25) is 0 Å². The summed E-state index contributed by atoms with van der Waals surface area (Å²) in [5, 5.41) is 4.05. The number of para-hydroxylation sites is 2. The predicted molar refractivity (Wildman–Crippen MR) is 110 cm³/mol. The number of carbonyl (C=O) groups is 1. The predicted octanol–water partition coefficient (Wildman–Crippen LogP) is 4.05. The van der Waals surface area contributed by atoms with E-state index in [1.165, 1.54) is 0 Å². The molecule has 2 aromatic carbocycles. The maximum absolute atomic E-state index is 12.9. The van der Waals surface area contributed by atoms with E-state index in [4.69, 9.17) is 4.42 Å². The Bertz CT molecular complexity index is 984. The summed E-state index contributed by atoms with van der Waals surface area (Å²) in [4.78, 5) is 17.6. The van der Waals surface area contributed by atoms with Gasteiger partial charge in [0.15, 0.2) is 5.76 Å². The van der Waals surface area contributed by atoms with Gasteiger partial charge < -0.3 is 19.5 Å². The minimum absolute atomic E-state index is 0.206. The van der Waals surface area contributed by atoms with Crippen molar-refractivity contribution in [2.45, 2.75) is 13.8 Å². The fraction of sp³-hybridized carbons (Fsp3) is 0.318. The number of likely N-dealkylation sites (N-methyl/N-ethyl adjacent to an activating group) is 1. The summed E-state index contributed by atoms with van der Waals surface area (Å²) in [6, 6.07) is 14.0. The number of benzene rings is 2. The molecule has 3 aromatic rings. The molecule has 27 heavy (non-hydrogen) atoms. The number of amides is 1. The van der Waals surface area contributed by atoms with Gasteiger partial charge in [0.25, 0.3) is 5.91 Å². The molecule has 2 heterocycles. The van der Waals surface area contributed by atoms with Crippen molar-refractivity contribution < 1.29 is 9.21 Å². The second-order valence-corrected chi connectivity index (χ2v) is 7.32. The summed E-state index contributed by atoms with van der Waals surface area (Å²) >= 11 is 0. The third-order valence-electron chi connectivity index (χ3n) is 5.30. The molecule has 4 rings (SSSR count). The fourth-order valence-electron chi connectivity index (χ4n) is 3.63. The number of nitrogens with one attached hydrogen (secondary N) is 1. The van der Waals surface area contributed by atoms with Crippen LogP contribution in [0, 0.1) is 13.8 Å². The minimum Gasteiger partial charge on any atom is -0.451 e. The first-order valence-electron chi connectivity index (χ1n) is 9.36. The molecule has 1 fully saturated rings. The Balaban J connectivity index is 1.61. The highest BCUT2D eigenvalue weighted by Gasteiger charge is 2.21. The minimum atomic E-state index is -0.206. The van der Waals surface area contributed by atoms with Crippen molar-refractivity contribution in [2.75, 3.05) is 43.4 Å². The number of piperazine rings is 1. The molecule has 5 heteroatoms. The molecular formula is C22H25N3O2. The van der Waals surface area contributed by atoms with E-state index in [9.17, 15) is 4.79 Å². The van der Waals surface area contributed by atoms with E-state index >= 15 is 0 Å². The van der Waals surface area contributed by atoms with Gasteiger partial charge >= 0.3 is 0 Å². The number of rotatable bonds is 3. The molecule has 1 aliphatic rings. The summed E-state index contributed by atoms with van der Waals surface area (Å²) in [5.74, 6) is 0.173. The highest BCUT2D eigenvalue weighted by atomic mass is 16.3. The Hall–Kier alpha value is -2.79. The maximum Gasteiger partial charge on any atom is 0.291 e. The summed E-state index contributed by atoms with van der Waals surface area (Å²) in [7, 11) is 2.14. The molecular weight excluding hydrogens is 338 g/mol. The van der Waals surface area contributed by atoms with Crippen LogP contribution in [0.3, 0.4) is 0 Å². The first kappa shape index (κ1) is 17.6. The van der Waals surface area contributed by atoms with Gasteiger partial charge in [-0.15, -0.1) is 0 Å². The Morgan fingerprint density at radius 3 is 2.56 bits per heavy atom. The highest BCUT2D eigenvalue weighted by molar-refractivity contribution is 6.07. The van der Waals surface area contributed by atoms with Crippen LogP contribution >= 0.6 is 0 Å². The van der Waals surface area contributed by atoms with E-state index in [0.29, 0.717) is 5.76 Å². The van der Waals surface area contributed by atoms with Crippen LogP contribution in [0.25, 0.3) is 11.0 Å². The molecule has 0 radical (unpaired) electrons. The van der Waals surface area contributed by atoms with E-state index in [1.807, 2.05) is 50.2 Å². The van der Waals surface area contributed by atoms with Crippen molar-refractivity contribution in [3.63, 3.8) is 0 Å². The number of nitrogens with zero attached hydrogens (tertiary/aromatic N) is 2. The fourth-order valence-corrected chi connectivity index (χ4v) is 3.63. The van der Waals surface area contributed by atoms with Crippen molar-refractivity contribution in [3.8, 4) is 0 Å². The average Bonchev–Trinajstić information content (AvgIpc) is 2.99. The van der Waals surface area contributed by atoms with Crippen LogP contribution in [-0.4, -0.2) is 44.0 Å². The molecule has 140 valence electrons. The Morgan fingerprint density at radius 2 is 1.78 bits per heavy atom. The van der Waals surface area contributed by atoms with Crippen LogP contribution < -0.4 is 10.2 Å². The topological polar surface area (TPSA) is 48.7 Å². The van der Waals surface area contributed by atoms with Gasteiger partial charge in [-0.3, -0.25) is 4.79 Å². The second kappa shape index (κ2) is 7.08. The van der Waals surface area contributed by atoms with Gasteiger partial charge in [-0.25, -0.2) is 0 Å². The van der Waals surface area contributed by atoms with Gasteiger partial charge in [0.1, 0.15) is 5.58 Å². The summed E-state index contributed by atoms with van der Waals surface area (Å²) in [6.45, 7) is 7.89. The van der Waals surface area contributed by atoms with E-state index in [2.05, 4.69) is 28.2 Å². The number of carbonyl (C=O) groups excluding carboxylic acids is 1. The third kappa shape index (κ3) is 3.43. The second-order valence-electron chi connectivity index (χ2n) is 7.32.